The van der Waals surface area contributed by atoms with Gasteiger partial charge in [-0.25, -0.2) is 0 Å². The lowest BCUT2D eigenvalue weighted by Gasteiger charge is -2.38. The third kappa shape index (κ3) is 3.77. The van der Waals surface area contributed by atoms with Gasteiger partial charge >= 0.3 is 0 Å². The fraction of sp³-hybridized carbons (Fsp3) is 0.455. The van der Waals surface area contributed by atoms with E-state index in [1.165, 1.54) is 11.4 Å². The van der Waals surface area contributed by atoms with Crippen LogP contribution < -0.4 is 0 Å². The topological polar surface area (TPSA) is 3.24 Å². The van der Waals surface area contributed by atoms with Crippen molar-refractivity contribution in [1.29, 1.82) is 0 Å². The molecule has 23 heavy (non-hydrogen) atoms. The maximum Gasteiger partial charge on any atom is 0.0556 e. The van der Waals surface area contributed by atoms with Crippen molar-refractivity contribution < 1.29 is 0 Å². The highest BCUT2D eigenvalue weighted by atomic mass is 15.2. The standard InChI is InChI=1S/C22H29N/c1-22(2,3)18-14-16-21(17-15-18)23(19-10-6-4-7-11-19)20-12-8-5-9-13-20/h4-8,10,12,14,16-19H,9,11,13,15H2,1-3H3. The predicted molar refractivity (Wildman–Crippen MR) is 99.8 cm³/mol. The largest absolute Gasteiger partial charge is 0.338 e. The minimum atomic E-state index is 0.337. The van der Waals surface area contributed by atoms with Crippen molar-refractivity contribution in [2.45, 2.75) is 52.5 Å². The zero-order chi connectivity index (χ0) is 16.3. The van der Waals surface area contributed by atoms with Crippen LogP contribution in [0.5, 0.6) is 0 Å². The van der Waals surface area contributed by atoms with E-state index in [1.54, 1.807) is 0 Å². The van der Waals surface area contributed by atoms with Crippen molar-refractivity contribution >= 4 is 0 Å². The molecule has 0 spiro atoms. The Morgan fingerprint density at radius 2 is 1.87 bits per heavy atom. The van der Waals surface area contributed by atoms with Crippen LogP contribution in [0.2, 0.25) is 0 Å². The molecule has 0 saturated heterocycles. The second-order valence-electron chi connectivity index (χ2n) is 7.81. The van der Waals surface area contributed by atoms with Gasteiger partial charge in [-0.2, -0.15) is 0 Å². The molecule has 1 nitrogen and oxygen atoms in total. The third-order valence-corrected chi connectivity index (χ3v) is 5.06. The third-order valence-electron chi connectivity index (χ3n) is 5.06. The summed E-state index contributed by atoms with van der Waals surface area (Å²) in [7, 11) is 0. The second kappa shape index (κ2) is 6.78. The lowest BCUT2D eigenvalue weighted by Crippen LogP contribution is -2.34. The Kier molecular flexibility index (Phi) is 4.75. The summed E-state index contributed by atoms with van der Waals surface area (Å²) in [5.74, 6) is 0.634. The minimum absolute atomic E-state index is 0.337. The molecule has 0 saturated carbocycles. The first-order valence-electron chi connectivity index (χ1n) is 8.92. The van der Waals surface area contributed by atoms with Crippen LogP contribution in [0.4, 0.5) is 0 Å². The molecule has 1 heteroatoms. The van der Waals surface area contributed by atoms with Crippen molar-refractivity contribution in [1.82, 2.24) is 4.90 Å². The zero-order valence-corrected chi connectivity index (χ0v) is 14.7. The van der Waals surface area contributed by atoms with Gasteiger partial charge in [-0.1, -0.05) is 69.4 Å². The van der Waals surface area contributed by atoms with Gasteiger partial charge in [0.25, 0.3) is 0 Å². The maximum absolute atomic E-state index is 2.55. The molecular weight excluding hydrogens is 278 g/mol. The first-order chi connectivity index (χ1) is 11.1. The fourth-order valence-electron chi connectivity index (χ4n) is 3.55. The number of rotatable bonds is 3. The highest BCUT2D eigenvalue weighted by Gasteiger charge is 2.27. The maximum atomic E-state index is 2.55. The Bertz CT molecular complexity index is 604. The lowest BCUT2D eigenvalue weighted by atomic mass is 9.77. The summed E-state index contributed by atoms with van der Waals surface area (Å²) in [6.45, 7) is 7.01. The molecular formula is C22H29N. The van der Waals surface area contributed by atoms with E-state index in [1.807, 2.05) is 0 Å². The lowest BCUT2D eigenvalue weighted by molar-refractivity contribution is 0.286. The van der Waals surface area contributed by atoms with E-state index in [0.29, 0.717) is 17.4 Å². The van der Waals surface area contributed by atoms with Gasteiger partial charge in [0.15, 0.2) is 0 Å². The summed E-state index contributed by atoms with van der Waals surface area (Å²) in [5.41, 5.74) is 3.16. The van der Waals surface area contributed by atoms with Crippen LogP contribution in [0.15, 0.2) is 72.2 Å². The summed E-state index contributed by atoms with van der Waals surface area (Å²) >= 11 is 0. The minimum Gasteiger partial charge on any atom is -0.338 e. The molecule has 0 aromatic rings. The number of hydrogen-bond donors (Lipinski definition) is 0. The zero-order valence-electron chi connectivity index (χ0n) is 14.7. The molecule has 2 atom stereocenters. The number of nitrogens with zero attached hydrogens (tertiary/aromatic N) is 1. The molecule has 0 bridgehead atoms. The fourth-order valence-corrected chi connectivity index (χ4v) is 3.55. The Morgan fingerprint density at radius 3 is 2.43 bits per heavy atom. The van der Waals surface area contributed by atoms with Crippen LogP contribution >= 0.6 is 0 Å². The first-order valence-corrected chi connectivity index (χ1v) is 8.92. The number of hydrogen-bond acceptors (Lipinski definition) is 1. The molecule has 122 valence electrons. The van der Waals surface area contributed by atoms with Gasteiger partial charge in [-0.3, -0.25) is 0 Å². The van der Waals surface area contributed by atoms with E-state index in [2.05, 4.69) is 86.4 Å². The molecule has 0 aliphatic heterocycles. The Hall–Kier alpha value is -1.76. The van der Waals surface area contributed by atoms with E-state index in [-0.39, 0.29) is 0 Å². The molecule has 3 rings (SSSR count). The molecule has 3 aliphatic carbocycles. The summed E-state index contributed by atoms with van der Waals surface area (Å²) in [4.78, 5) is 2.55. The summed E-state index contributed by atoms with van der Waals surface area (Å²) in [6.07, 6.45) is 27.5. The van der Waals surface area contributed by atoms with E-state index in [0.717, 1.165) is 25.7 Å². The van der Waals surface area contributed by atoms with Crippen molar-refractivity contribution in [3.8, 4) is 0 Å². The molecule has 3 aliphatic rings. The second-order valence-corrected chi connectivity index (χ2v) is 7.81. The Morgan fingerprint density at radius 1 is 1.00 bits per heavy atom. The average Bonchev–Trinajstić information content (AvgIpc) is 2.57. The summed E-state index contributed by atoms with van der Waals surface area (Å²) in [5, 5.41) is 0. The van der Waals surface area contributed by atoms with Crippen molar-refractivity contribution in [3.05, 3.63) is 72.2 Å². The van der Waals surface area contributed by atoms with E-state index in [4.69, 9.17) is 0 Å². The molecule has 0 fully saturated rings. The highest BCUT2D eigenvalue weighted by Crippen LogP contribution is 2.36. The van der Waals surface area contributed by atoms with Gasteiger partial charge in [-0.15, -0.1) is 0 Å². The number of allylic oxidation sites excluding steroid dienone is 9. The van der Waals surface area contributed by atoms with E-state index >= 15 is 0 Å². The van der Waals surface area contributed by atoms with Crippen LogP contribution in [-0.2, 0) is 0 Å². The van der Waals surface area contributed by atoms with Gasteiger partial charge < -0.3 is 4.90 Å². The highest BCUT2D eigenvalue weighted by molar-refractivity contribution is 5.33. The molecule has 2 unspecified atom stereocenters. The molecule has 0 aromatic heterocycles. The van der Waals surface area contributed by atoms with Crippen LogP contribution in [0.1, 0.15) is 46.5 Å². The van der Waals surface area contributed by atoms with E-state index < -0.39 is 0 Å². The Balaban J connectivity index is 1.85. The monoisotopic (exact) mass is 307 g/mol. The average molecular weight is 307 g/mol. The van der Waals surface area contributed by atoms with Gasteiger partial charge in [0.1, 0.15) is 0 Å². The van der Waals surface area contributed by atoms with Crippen molar-refractivity contribution in [2.24, 2.45) is 11.3 Å². The van der Waals surface area contributed by atoms with E-state index in [9.17, 15) is 0 Å². The smallest absolute Gasteiger partial charge is 0.0556 e. The van der Waals surface area contributed by atoms with Crippen LogP contribution in [-0.4, -0.2) is 10.9 Å². The van der Waals surface area contributed by atoms with Crippen molar-refractivity contribution in [3.63, 3.8) is 0 Å². The SMILES string of the molecule is CC(C)(C)C1C=CC(N(C2=CC=CCC2)C2C=CC=CC2)=CC1. The molecule has 0 heterocycles. The first kappa shape index (κ1) is 16.1. The predicted octanol–water partition coefficient (Wildman–Crippen LogP) is 5.91. The molecule has 0 radical (unpaired) electrons. The van der Waals surface area contributed by atoms with Gasteiger partial charge in [0, 0.05) is 11.4 Å². The molecule has 0 N–H and O–H groups in total. The van der Waals surface area contributed by atoms with Crippen LogP contribution in [0, 0.1) is 11.3 Å². The van der Waals surface area contributed by atoms with Gasteiger partial charge in [-0.05, 0) is 49.2 Å². The normalized spacial score (nSPS) is 26.9. The molecule has 0 aromatic carbocycles. The van der Waals surface area contributed by atoms with Crippen LogP contribution in [0.3, 0.4) is 0 Å². The Labute approximate surface area is 141 Å². The van der Waals surface area contributed by atoms with Crippen molar-refractivity contribution in [2.75, 3.05) is 0 Å². The molecule has 0 amide bonds. The van der Waals surface area contributed by atoms with Crippen LogP contribution in [0.25, 0.3) is 0 Å². The van der Waals surface area contributed by atoms with Gasteiger partial charge in [0.05, 0.1) is 6.04 Å². The summed E-state index contributed by atoms with van der Waals surface area (Å²) in [6, 6.07) is 0.444. The quantitative estimate of drug-likeness (QED) is 0.626. The summed E-state index contributed by atoms with van der Waals surface area (Å²) < 4.78 is 0. The van der Waals surface area contributed by atoms with Gasteiger partial charge in [0.2, 0.25) is 0 Å².